The number of rotatable bonds is 11. The summed E-state index contributed by atoms with van der Waals surface area (Å²) in [4.78, 5) is 7.41. The van der Waals surface area contributed by atoms with Crippen LogP contribution in [0.15, 0.2) is 128 Å². The van der Waals surface area contributed by atoms with Crippen molar-refractivity contribution in [2.75, 3.05) is 6.54 Å². The van der Waals surface area contributed by atoms with Crippen molar-refractivity contribution < 1.29 is 0 Å². The third-order valence-electron chi connectivity index (χ3n) is 7.68. The molecule has 2 aromatic heterocycles. The van der Waals surface area contributed by atoms with E-state index in [0.29, 0.717) is 25.2 Å². The number of aromatic nitrogens is 4. The summed E-state index contributed by atoms with van der Waals surface area (Å²) < 4.78 is 2.09. The Kier molecular flexibility index (Phi) is 8.40. The minimum Gasteiger partial charge on any atom is -0.312 e. The lowest BCUT2D eigenvalue weighted by Crippen LogP contribution is -2.27. The van der Waals surface area contributed by atoms with Gasteiger partial charge in [0.2, 0.25) is 0 Å². The SMILES string of the molecule is N#Cc1ccc(Cn2cnnc2CN(CCC(c2ccccc2)c2ccccc2)Cc2ccc3ccccc3n2)cc1. The minimum atomic E-state index is 0.274. The van der Waals surface area contributed by atoms with Crippen LogP contribution in [-0.2, 0) is 19.6 Å². The molecule has 0 N–H and O–H groups in total. The second-order valence-corrected chi connectivity index (χ2v) is 10.6. The second-order valence-electron chi connectivity index (χ2n) is 10.6. The lowest BCUT2D eigenvalue weighted by molar-refractivity contribution is 0.237. The summed E-state index contributed by atoms with van der Waals surface area (Å²) in [5.74, 6) is 1.17. The van der Waals surface area contributed by atoms with Crippen molar-refractivity contribution >= 4 is 10.9 Å². The molecule has 6 heteroatoms. The van der Waals surface area contributed by atoms with E-state index in [1.165, 1.54) is 11.1 Å². The Morgan fingerprint density at radius 1 is 0.738 bits per heavy atom. The van der Waals surface area contributed by atoms with Gasteiger partial charge < -0.3 is 4.57 Å². The van der Waals surface area contributed by atoms with Crippen molar-refractivity contribution in [2.45, 2.75) is 32.0 Å². The Balaban J connectivity index is 1.26. The predicted molar refractivity (Wildman–Crippen MR) is 165 cm³/mol. The van der Waals surface area contributed by atoms with Gasteiger partial charge in [-0.3, -0.25) is 9.88 Å². The Bertz CT molecular complexity index is 1730. The predicted octanol–water partition coefficient (Wildman–Crippen LogP) is 6.97. The summed E-state index contributed by atoms with van der Waals surface area (Å²) in [6, 6.07) is 43.9. The normalized spacial score (nSPS) is 11.3. The zero-order chi connectivity index (χ0) is 28.6. The summed E-state index contributed by atoms with van der Waals surface area (Å²) >= 11 is 0. The molecule has 2 heterocycles. The molecule has 0 saturated carbocycles. The lowest BCUT2D eigenvalue weighted by atomic mass is 9.88. The van der Waals surface area contributed by atoms with E-state index >= 15 is 0 Å². The second kappa shape index (κ2) is 13.0. The number of para-hydroxylation sites is 1. The molecule has 0 bridgehead atoms. The van der Waals surface area contributed by atoms with Crippen molar-refractivity contribution in [3.8, 4) is 6.07 Å². The molecule has 42 heavy (non-hydrogen) atoms. The number of fused-ring (bicyclic) bond motifs is 1. The molecule has 6 nitrogen and oxygen atoms in total. The fraction of sp³-hybridized carbons (Fsp3) is 0.167. The standard InChI is InChI=1S/C36H32N6/c37-23-28-15-17-29(18-16-28)24-42-27-38-40-36(42)26-41(25-33-20-19-32-13-7-8-14-35(32)39-33)22-21-34(30-9-3-1-4-10-30)31-11-5-2-6-12-31/h1-20,27,34H,21-22,24-26H2. The molecule has 206 valence electrons. The van der Waals surface area contributed by atoms with Crippen LogP contribution in [-0.4, -0.2) is 31.2 Å². The highest BCUT2D eigenvalue weighted by molar-refractivity contribution is 5.78. The summed E-state index contributed by atoms with van der Waals surface area (Å²) in [5.41, 5.74) is 6.43. The highest BCUT2D eigenvalue weighted by Crippen LogP contribution is 2.29. The Morgan fingerprint density at radius 2 is 1.43 bits per heavy atom. The molecule has 0 radical (unpaired) electrons. The largest absolute Gasteiger partial charge is 0.312 e. The maximum atomic E-state index is 9.16. The van der Waals surface area contributed by atoms with E-state index in [0.717, 1.165) is 41.0 Å². The highest BCUT2D eigenvalue weighted by Gasteiger charge is 2.19. The van der Waals surface area contributed by atoms with E-state index in [9.17, 15) is 0 Å². The third kappa shape index (κ3) is 6.60. The van der Waals surface area contributed by atoms with E-state index in [1.807, 2.05) is 36.4 Å². The quantitative estimate of drug-likeness (QED) is 0.175. The Labute approximate surface area is 246 Å². The van der Waals surface area contributed by atoms with Crippen molar-refractivity contribution in [3.63, 3.8) is 0 Å². The molecule has 0 unspecified atom stereocenters. The molecular weight excluding hydrogens is 516 g/mol. The van der Waals surface area contributed by atoms with Crippen LogP contribution >= 0.6 is 0 Å². The fourth-order valence-corrected chi connectivity index (χ4v) is 5.46. The zero-order valence-electron chi connectivity index (χ0n) is 23.4. The topological polar surface area (TPSA) is 70.6 Å². The highest BCUT2D eigenvalue weighted by atomic mass is 15.3. The molecule has 6 aromatic rings. The molecule has 0 aliphatic carbocycles. The van der Waals surface area contributed by atoms with Crippen molar-refractivity contribution in [3.05, 3.63) is 161 Å². The van der Waals surface area contributed by atoms with E-state index in [-0.39, 0.29) is 5.92 Å². The molecule has 0 amide bonds. The van der Waals surface area contributed by atoms with Gasteiger partial charge in [-0.15, -0.1) is 10.2 Å². The molecule has 4 aromatic carbocycles. The first kappa shape index (κ1) is 27.1. The third-order valence-corrected chi connectivity index (χ3v) is 7.68. The van der Waals surface area contributed by atoms with Crippen LogP contribution in [0.4, 0.5) is 0 Å². The van der Waals surface area contributed by atoms with Crippen LogP contribution in [0.2, 0.25) is 0 Å². The van der Waals surface area contributed by atoms with Gasteiger partial charge >= 0.3 is 0 Å². The molecule has 0 atom stereocenters. The summed E-state index contributed by atoms with van der Waals surface area (Å²) in [5, 5.41) is 19.1. The van der Waals surface area contributed by atoms with E-state index in [2.05, 4.69) is 111 Å². The van der Waals surface area contributed by atoms with E-state index < -0.39 is 0 Å². The van der Waals surface area contributed by atoms with Crippen molar-refractivity contribution in [1.29, 1.82) is 5.26 Å². The molecule has 0 saturated heterocycles. The number of nitriles is 1. The summed E-state index contributed by atoms with van der Waals surface area (Å²) in [6.07, 6.45) is 2.74. The van der Waals surface area contributed by atoms with Crippen molar-refractivity contribution in [2.24, 2.45) is 0 Å². The minimum absolute atomic E-state index is 0.274. The van der Waals surface area contributed by atoms with Gasteiger partial charge in [-0.05, 0) is 53.9 Å². The van der Waals surface area contributed by atoms with Gasteiger partial charge in [-0.1, -0.05) is 97.1 Å². The number of benzene rings is 4. The van der Waals surface area contributed by atoms with Crippen LogP contribution in [0.1, 0.15) is 46.1 Å². The van der Waals surface area contributed by atoms with Crippen LogP contribution in [0.3, 0.4) is 0 Å². The number of pyridine rings is 1. The van der Waals surface area contributed by atoms with Crippen molar-refractivity contribution in [1.82, 2.24) is 24.6 Å². The maximum absolute atomic E-state index is 9.16. The van der Waals surface area contributed by atoms with Gasteiger partial charge in [0, 0.05) is 17.8 Å². The molecule has 0 aliphatic heterocycles. The average molecular weight is 549 g/mol. The van der Waals surface area contributed by atoms with Crippen LogP contribution in [0.5, 0.6) is 0 Å². The van der Waals surface area contributed by atoms with Gasteiger partial charge in [0.1, 0.15) is 12.2 Å². The molecular formula is C36H32N6. The summed E-state index contributed by atoms with van der Waals surface area (Å²) in [7, 11) is 0. The zero-order valence-corrected chi connectivity index (χ0v) is 23.4. The smallest absolute Gasteiger partial charge is 0.147 e. The molecule has 0 fully saturated rings. The average Bonchev–Trinajstić information content (AvgIpc) is 3.48. The first-order chi connectivity index (χ1) is 20.7. The number of hydrogen-bond donors (Lipinski definition) is 0. The fourth-order valence-electron chi connectivity index (χ4n) is 5.46. The van der Waals surface area contributed by atoms with E-state index in [4.69, 9.17) is 10.2 Å². The first-order valence-electron chi connectivity index (χ1n) is 14.3. The maximum Gasteiger partial charge on any atom is 0.147 e. The first-order valence-corrected chi connectivity index (χ1v) is 14.3. The number of nitrogens with zero attached hydrogens (tertiary/aromatic N) is 6. The van der Waals surface area contributed by atoms with Gasteiger partial charge in [0.25, 0.3) is 0 Å². The summed E-state index contributed by atoms with van der Waals surface area (Å²) in [6.45, 7) is 2.84. The molecule has 0 spiro atoms. The van der Waals surface area contributed by atoms with Crippen LogP contribution in [0.25, 0.3) is 10.9 Å². The lowest BCUT2D eigenvalue weighted by Gasteiger charge is -2.25. The van der Waals surface area contributed by atoms with Gasteiger partial charge in [-0.25, -0.2) is 0 Å². The van der Waals surface area contributed by atoms with E-state index in [1.54, 1.807) is 6.33 Å². The van der Waals surface area contributed by atoms with Gasteiger partial charge in [0.05, 0.1) is 35.9 Å². The van der Waals surface area contributed by atoms with Gasteiger partial charge in [0.15, 0.2) is 0 Å². The van der Waals surface area contributed by atoms with Crippen LogP contribution < -0.4 is 0 Å². The Morgan fingerprint density at radius 3 is 2.14 bits per heavy atom. The number of hydrogen-bond acceptors (Lipinski definition) is 5. The Hall–Kier alpha value is -5.12. The monoisotopic (exact) mass is 548 g/mol. The molecule has 0 aliphatic rings. The van der Waals surface area contributed by atoms with Crippen LogP contribution in [0, 0.1) is 11.3 Å². The molecule has 6 rings (SSSR count). The van der Waals surface area contributed by atoms with Gasteiger partial charge in [-0.2, -0.15) is 5.26 Å².